The molecule has 0 bridgehead atoms. The molecular formula is C20H24N4O. The first-order valence-electron chi connectivity index (χ1n) is 8.96. The van der Waals surface area contributed by atoms with Gasteiger partial charge in [0, 0.05) is 48.2 Å². The number of H-pyrrole nitrogens is 1. The van der Waals surface area contributed by atoms with Crippen LogP contribution in [-0.4, -0.2) is 27.0 Å². The summed E-state index contributed by atoms with van der Waals surface area (Å²) < 4.78 is 2.23. The van der Waals surface area contributed by atoms with Crippen molar-refractivity contribution >= 4 is 16.8 Å². The third kappa shape index (κ3) is 3.18. The van der Waals surface area contributed by atoms with Gasteiger partial charge in [0.25, 0.3) is 5.91 Å². The van der Waals surface area contributed by atoms with Gasteiger partial charge in [0.15, 0.2) is 0 Å². The summed E-state index contributed by atoms with van der Waals surface area (Å²) in [6, 6.07) is 8.10. The predicted octanol–water partition coefficient (Wildman–Crippen LogP) is 3.45. The van der Waals surface area contributed by atoms with Gasteiger partial charge in [0.1, 0.15) is 11.5 Å². The van der Waals surface area contributed by atoms with E-state index in [0.717, 1.165) is 42.5 Å². The van der Waals surface area contributed by atoms with E-state index in [-0.39, 0.29) is 11.3 Å². The molecule has 0 saturated heterocycles. The summed E-state index contributed by atoms with van der Waals surface area (Å²) in [5, 5.41) is 4.20. The summed E-state index contributed by atoms with van der Waals surface area (Å²) in [6.07, 6.45) is 7.14. The van der Waals surface area contributed by atoms with Gasteiger partial charge in [-0.15, -0.1) is 0 Å². The van der Waals surface area contributed by atoms with Crippen LogP contribution < -0.4 is 5.32 Å². The van der Waals surface area contributed by atoms with Gasteiger partial charge in [-0.3, -0.25) is 4.79 Å². The van der Waals surface area contributed by atoms with Crippen LogP contribution in [-0.2, 0) is 13.0 Å². The molecule has 2 heterocycles. The molecule has 4 rings (SSSR count). The van der Waals surface area contributed by atoms with Crippen LogP contribution in [0, 0.1) is 12.3 Å². The predicted molar refractivity (Wildman–Crippen MR) is 98.6 cm³/mol. The van der Waals surface area contributed by atoms with Crippen molar-refractivity contribution < 1.29 is 4.79 Å². The maximum atomic E-state index is 12.5. The van der Waals surface area contributed by atoms with Gasteiger partial charge < -0.3 is 14.9 Å². The highest BCUT2D eigenvalue weighted by molar-refractivity contribution is 5.98. The van der Waals surface area contributed by atoms with Crippen LogP contribution in [0.25, 0.3) is 10.9 Å². The fraction of sp³-hybridized carbons (Fsp3) is 0.400. The van der Waals surface area contributed by atoms with Crippen LogP contribution in [0.15, 0.2) is 36.7 Å². The third-order valence-corrected chi connectivity index (χ3v) is 5.23. The largest absolute Gasteiger partial charge is 0.351 e. The number of hydrogen-bond acceptors (Lipinski definition) is 2. The van der Waals surface area contributed by atoms with Crippen molar-refractivity contribution in [2.75, 3.05) is 6.54 Å². The van der Waals surface area contributed by atoms with Gasteiger partial charge in [0.05, 0.1) is 0 Å². The second-order valence-electron chi connectivity index (χ2n) is 7.28. The van der Waals surface area contributed by atoms with Crippen molar-refractivity contribution in [2.45, 2.75) is 39.7 Å². The normalized spacial score (nSPS) is 15.4. The van der Waals surface area contributed by atoms with E-state index in [4.69, 9.17) is 0 Å². The molecule has 5 heteroatoms. The molecule has 0 radical (unpaired) electrons. The van der Waals surface area contributed by atoms with Crippen LogP contribution in [0.5, 0.6) is 0 Å². The first-order valence-corrected chi connectivity index (χ1v) is 8.96. The molecule has 1 aliphatic rings. The van der Waals surface area contributed by atoms with Gasteiger partial charge in [-0.05, 0) is 38.0 Å². The Kier molecular flexibility index (Phi) is 3.86. The number of imidazole rings is 1. The van der Waals surface area contributed by atoms with E-state index in [1.54, 1.807) is 0 Å². The van der Waals surface area contributed by atoms with Crippen LogP contribution in [0.3, 0.4) is 0 Å². The van der Waals surface area contributed by atoms with Gasteiger partial charge in [-0.1, -0.05) is 18.6 Å². The zero-order valence-electron chi connectivity index (χ0n) is 14.8. The molecule has 1 amide bonds. The van der Waals surface area contributed by atoms with Crippen molar-refractivity contribution in [1.29, 1.82) is 0 Å². The minimum atomic E-state index is -0.0264. The lowest BCUT2D eigenvalue weighted by atomic mass is 10.1. The van der Waals surface area contributed by atoms with Crippen molar-refractivity contribution in [3.8, 4) is 0 Å². The number of nitrogens with one attached hydrogen (secondary N) is 2. The molecule has 25 heavy (non-hydrogen) atoms. The van der Waals surface area contributed by atoms with E-state index in [1.807, 2.05) is 24.5 Å². The molecule has 1 aromatic carbocycles. The Balaban J connectivity index is 1.42. The fourth-order valence-corrected chi connectivity index (χ4v) is 3.46. The first kappa shape index (κ1) is 15.9. The molecule has 0 aliphatic heterocycles. The van der Waals surface area contributed by atoms with Gasteiger partial charge in [0.2, 0.25) is 0 Å². The van der Waals surface area contributed by atoms with Gasteiger partial charge in [-0.2, -0.15) is 0 Å². The zero-order chi connectivity index (χ0) is 17.4. The Morgan fingerprint density at radius 2 is 2.20 bits per heavy atom. The second-order valence-corrected chi connectivity index (χ2v) is 7.28. The number of hydrogen-bond donors (Lipinski definition) is 2. The van der Waals surface area contributed by atoms with Crippen LogP contribution in [0.4, 0.5) is 0 Å². The Morgan fingerprint density at radius 1 is 1.36 bits per heavy atom. The molecule has 0 unspecified atom stereocenters. The number of rotatable bonds is 6. The van der Waals surface area contributed by atoms with Crippen LogP contribution in [0.2, 0.25) is 0 Å². The average Bonchev–Trinajstić information content (AvgIpc) is 3.03. The summed E-state index contributed by atoms with van der Waals surface area (Å²) in [5.74, 6) is 1.09. The molecule has 1 fully saturated rings. The van der Waals surface area contributed by atoms with Crippen LogP contribution in [0.1, 0.15) is 41.6 Å². The molecule has 1 aliphatic carbocycles. The molecule has 0 spiro atoms. The molecule has 0 atom stereocenters. The van der Waals surface area contributed by atoms with E-state index >= 15 is 0 Å². The third-order valence-electron chi connectivity index (χ3n) is 5.23. The Hall–Kier alpha value is -2.56. The molecule has 2 aromatic heterocycles. The molecule has 3 aromatic rings. The minimum Gasteiger partial charge on any atom is -0.351 e. The smallest absolute Gasteiger partial charge is 0.267 e. The van der Waals surface area contributed by atoms with E-state index in [9.17, 15) is 4.79 Å². The van der Waals surface area contributed by atoms with E-state index in [2.05, 4.69) is 45.8 Å². The number of fused-ring (bicyclic) bond motifs is 1. The Morgan fingerprint density at radius 3 is 2.96 bits per heavy atom. The highest BCUT2D eigenvalue weighted by Crippen LogP contribution is 2.46. The van der Waals surface area contributed by atoms with Gasteiger partial charge in [-0.25, -0.2) is 4.98 Å². The fourth-order valence-electron chi connectivity index (χ4n) is 3.46. The zero-order valence-corrected chi connectivity index (χ0v) is 14.8. The highest BCUT2D eigenvalue weighted by Gasteiger charge is 2.43. The topological polar surface area (TPSA) is 62.7 Å². The Bertz CT molecular complexity index is 917. The van der Waals surface area contributed by atoms with Crippen molar-refractivity contribution in [1.82, 2.24) is 19.9 Å². The lowest BCUT2D eigenvalue weighted by Crippen LogP contribution is -2.32. The van der Waals surface area contributed by atoms with Gasteiger partial charge >= 0.3 is 0 Å². The van der Waals surface area contributed by atoms with E-state index < -0.39 is 0 Å². The standard InChI is InChI=1S/C20H24N4O/c1-3-18-21-8-9-24(18)13-20(6-7-20)12-22-19(25)17-11-15-10-14(2)4-5-16(15)23-17/h4-5,8-11,23H,3,6-7,12-13H2,1-2H3,(H,22,25). The summed E-state index contributed by atoms with van der Waals surface area (Å²) in [4.78, 5) is 20.1. The quantitative estimate of drug-likeness (QED) is 0.724. The summed E-state index contributed by atoms with van der Waals surface area (Å²) in [7, 11) is 0. The number of aromatic nitrogens is 3. The summed E-state index contributed by atoms with van der Waals surface area (Å²) in [6.45, 7) is 5.82. The molecule has 2 N–H and O–H groups in total. The lowest BCUT2D eigenvalue weighted by Gasteiger charge is -2.18. The van der Waals surface area contributed by atoms with Crippen LogP contribution >= 0.6 is 0 Å². The maximum absolute atomic E-state index is 12.5. The minimum absolute atomic E-state index is 0.0264. The molecule has 5 nitrogen and oxygen atoms in total. The number of carbonyl (C=O) groups is 1. The van der Waals surface area contributed by atoms with Crippen molar-refractivity contribution in [3.63, 3.8) is 0 Å². The molecule has 130 valence electrons. The number of amides is 1. The summed E-state index contributed by atoms with van der Waals surface area (Å²) in [5.41, 5.74) is 3.02. The number of aryl methyl sites for hydroxylation is 2. The maximum Gasteiger partial charge on any atom is 0.267 e. The second kappa shape index (κ2) is 6.06. The number of benzene rings is 1. The van der Waals surface area contributed by atoms with E-state index in [0.29, 0.717) is 12.2 Å². The van der Waals surface area contributed by atoms with E-state index in [1.165, 1.54) is 5.56 Å². The monoisotopic (exact) mass is 336 g/mol. The molecule has 1 saturated carbocycles. The lowest BCUT2D eigenvalue weighted by molar-refractivity contribution is 0.0938. The SMILES string of the molecule is CCc1nccn1CC1(CNC(=O)c2cc3cc(C)ccc3[nH]2)CC1. The van der Waals surface area contributed by atoms with Crippen molar-refractivity contribution in [2.24, 2.45) is 5.41 Å². The first-order chi connectivity index (χ1) is 12.1. The molecular weight excluding hydrogens is 312 g/mol. The summed E-state index contributed by atoms with van der Waals surface area (Å²) >= 11 is 0. The number of carbonyl (C=O) groups excluding carboxylic acids is 1. The Labute approximate surface area is 147 Å². The highest BCUT2D eigenvalue weighted by atomic mass is 16.1. The number of nitrogens with zero attached hydrogens (tertiary/aromatic N) is 2. The average molecular weight is 336 g/mol. The van der Waals surface area contributed by atoms with Crippen molar-refractivity contribution in [3.05, 3.63) is 53.7 Å². The number of aromatic amines is 1.